The molecule has 0 spiro atoms. The molecule has 0 bridgehead atoms. The number of nitrogens with zero attached hydrogens (tertiary/aromatic N) is 4. The molecule has 1 unspecified atom stereocenters. The van der Waals surface area contributed by atoms with Gasteiger partial charge in [-0.3, -0.25) is 19.4 Å². The molecule has 2 atom stereocenters. The van der Waals surface area contributed by atoms with Gasteiger partial charge < -0.3 is 41.1 Å². The Morgan fingerprint density at radius 2 is 1.87 bits per heavy atom. The van der Waals surface area contributed by atoms with Gasteiger partial charge in [0.05, 0.1) is 12.7 Å². The highest BCUT2D eigenvalue weighted by Crippen LogP contribution is 2.41. The minimum absolute atomic E-state index is 0.00634. The summed E-state index contributed by atoms with van der Waals surface area (Å²) in [7, 11) is 2.80. The van der Waals surface area contributed by atoms with Gasteiger partial charge in [0.1, 0.15) is 22.8 Å². The van der Waals surface area contributed by atoms with Gasteiger partial charge >= 0.3 is 17.9 Å². The first-order valence-electron chi connectivity index (χ1n) is 13.3. The van der Waals surface area contributed by atoms with Crippen molar-refractivity contribution in [3.05, 3.63) is 45.6 Å². The Morgan fingerprint density at radius 3 is 2.46 bits per heavy atom. The quantitative estimate of drug-likeness (QED) is 0.0583. The van der Waals surface area contributed by atoms with Gasteiger partial charge in [0.25, 0.3) is 11.8 Å². The third kappa shape index (κ3) is 6.85. The van der Waals surface area contributed by atoms with E-state index in [1.807, 2.05) is 0 Å². The lowest BCUT2D eigenvalue weighted by molar-refractivity contribution is -0.161. The molecule has 4 rings (SSSR count). The Hall–Kier alpha value is -4.88. The van der Waals surface area contributed by atoms with E-state index in [0.717, 1.165) is 29.4 Å². The van der Waals surface area contributed by atoms with E-state index in [4.69, 9.17) is 15.3 Å². The fourth-order valence-corrected chi connectivity index (χ4v) is 6.42. The first kappa shape index (κ1) is 34.0. The Balaban J connectivity index is 1.53. The molecule has 2 aromatic rings. The number of rotatable bonds is 12. The molecule has 7 N–H and O–H groups in total. The van der Waals surface area contributed by atoms with Crippen LogP contribution in [-0.4, -0.2) is 114 Å². The lowest BCUT2D eigenvalue weighted by Crippen LogP contribution is -2.71. The molecule has 46 heavy (non-hydrogen) atoms. The number of nitrogens with two attached hydrogens (primary N) is 1. The van der Waals surface area contributed by atoms with Crippen molar-refractivity contribution in [2.24, 2.45) is 5.16 Å². The Morgan fingerprint density at radius 1 is 1.20 bits per heavy atom. The molecule has 246 valence electrons. The number of methoxy groups -OCH3 is 1. The second kappa shape index (κ2) is 13.2. The van der Waals surface area contributed by atoms with E-state index in [-0.39, 0.29) is 40.9 Å². The topological polar surface area (TPSA) is 255 Å². The molecule has 2 aliphatic rings. The molecule has 0 saturated carbocycles. The van der Waals surface area contributed by atoms with Crippen LogP contribution in [0.15, 0.2) is 33.9 Å². The molecule has 17 nitrogen and oxygen atoms in total. The van der Waals surface area contributed by atoms with Crippen LogP contribution in [0.3, 0.4) is 0 Å². The van der Waals surface area contributed by atoms with Crippen molar-refractivity contribution in [3.8, 4) is 11.5 Å². The van der Waals surface area contributed by atoms with Gasteiger partial charge in [-0.25, -0.2) is 19.4 Å². The normalized spacial score (nSPS) is 18.2. The number of nitrogens with one attached hydrogen (secondary N) is 1. The maximum Gasteiger partial charge on any atom is 0.352 e. The number of aliphatic carboxylic acids is 2. The number of phenolic OH excluding ortho intramolecular Hbond substituents is 2. The predicted molar refractivity (Wildman–Crippen MR) is 163 cm³/mol. The van der Waals surface area contributed by atoms with E-state index in [0.29, 0.717) is 11.1 Å². The number of carbonyl (C=O) groups excluding carboxylic acids is 3. The van der Waals surface area contributed by atoms with Gasteiger partial charge in [-0.05, 0) is 44.2 Å². The van der Waals surface area contributed by atoms with Crippen LogP contribution >= 0.6 is 23.1 Å². The highest BCUT2D eigenvalue weighted by atomic mass is 32.2. The number of thioether (sulfide) groups is 1. The van der Waals surface area contributed by atoms with Gasteiger partial charge in [0, 0.05) is 24.2 Å². The zero-order valence-corrected chi connectivity index (χ0v) is 26.5. The number of benzene rings is 1. The van der Waals surface area contributed by atoms with Gasteiger partial charge in [-0.15, -0.1) is 23.1 Å². The van der Waals surface area contributed by atoms with E-state index in [9.17, 15) is 44.4 Å². The van der Waals surface area contributed by atoms with Crippen LogP contribution in [0.5, 0.6) is 11.5 Å². The molecule has 2 amide bonds. The molecule has 1 aromatic carbocycles. The van der Waals surface area contributed by atoms with Gasteiger partial charge in [0.2, 0.25) is 5.60 Å². The monoisotopic (exact) mass is 678 g/mol. The number of oxime groups is 1. The Bertz CT molecular complexity index is 1670. The van der Waals surface area contributed by atoms with Gasteiger partial charge in [-0.2, -0.15) is 0 Å². The Labute approximate surface area is 269 Å². The molecule has 0 radical (unpaired) electrons. The summed E-state index contributed by atoms with van der Waals surface area (Å²) in [5.41, 5.74) is 3.86. The first-order chi connectivity index (χ1) is 21.5. The fraction of sp³-hybridized carbons (Fsp3) is 0.370. The maximum absolute atomic E-state index is 13.3. The maximum atomic E-state index is 13.3. The molecule has 2 aliphatic heterocycles. The summed E-state index contributed by atoms with van der Waals surface area (Å²) in [6.45, 7) is 2.52. The summed E-state index contributed by atoms with van der Waals surface area (Å²) in [6.07, 6.45) is 0. The molecule has 1 aromatic heterocycles. The van der Waals surface area contributed by atoms with Crippen molar-refractivity contribution < 1.29 is 54.0 Å². The lowest BCUT2D eigenvalue weighted by atomic mass is 10.0. The van der Waals surface area contributed by atoms with Crippen LogP contribution < -0.4 is 11.1 Å². The number of carbonyl (C=O) groups is 5. The number of aromatic nitrogens is 1. The van der Waals surface area contributed by atoms with Crippen LogP contribution in [-0.2, 0) is 35.3 Å². The van der Waals surface area contributed by atoms with Gasteiger partial charge in [-0.1, -0.05) is 5.16 Å². The molecule has 1 fully saturated rings. The number of esters is 1. The SMILES string of the molecule is COC(=O)c1cc(O)c(O)cc1CN(C)CC1=C(C(=O)O)N2C(=O)C(NC(=O)/C(=N\OC(C)(C)C(=O)O)c3csc(N)n3)[C@@H]2SC1. The number of hydrogen-bond acceptors (Lipinski definition) is 15. The predicted octanol–water partition coefficient (Wildman–Crippen LogP) is 0.378. The number of anilines is 1. The van der Waals surface area contributed by atoms with E-state index in [1.54, 1.807) is 11.9 Å². The summed E-state index contributed by atoms with van der Waals surface area (Å²) in [6, 6.07) is 1.12. The molecule has 3 heterocycles. The van der Waals surface area contributed by atoms with Crippen LogP contribution in [0, 0.1) is 0 Å². The fourth-order valence-electron chi connectivity index (χ4n) is 4.54. The second-order valence-electron chi connectivity index (χ2n) is 10.7. The number of fused-ring (bicyclic) bond motifs is 1. The van der Waals surface area contributed by atoms with Crippen molar-refractivity contribution >= 4 is 63.7 Å². The van der Waals surface area contributed by atoms with Crippen molar-refractivity contribution in [3.63, 3.8) is 0 Å². The highest BCUT2D eigenvalue weighted by molar-refractivity contribution is 8.00. The van der Waals surface area contributed by atoms with E-state index in [2.05, 4.69) is 15.5 Å². The number of hydrogen-bond donors (Lipinski definition) is 6. The number of carboxylic acids is 2. The number of thiazole rings is 1. The number of likely N-dealkylation sites (N-methyl/N-ethyl adjacent to an activating group) is 1. The third-order valence-corrected chi connectivity index (χ3v) is 8.92. The van der Waals surface area contributed by atoms with E-state index >= 15 is 0 Å². The number of phenols is 2. The third-order valence-electron chi connectivity index (χ3n) is 6.90. The van der Waals surface area contributed by atoms with Crippen molar-refractivity contribution in [2.75, 3.05) is 32.2 Å². The van der Waals surface area contributed by atoms with Crippen LogP contribution in [0.1, 0.15) is 35.5 Å². The molecular formula is C27H30N6O11S2. The average Bonchev–Trinajstić information content (AvgIpc) is 3.42. The van der Waals surface area contributed by atoms with Crippen molar-refractivity contribution in [1.82, 2.24) is 20.1 Å². The molecular weight excluding hydrogens is 648 g/mol. The van der Waals surface area contributed by atoms with Crippen molar-refractivity contribution in [2.45, 2.75) is 37.4 Å². The smallest absolute Gasteiger partial charge is 0.352 e. The molecule has 19 heteroatoms. The number of aromatic hydroxyl groups is 2. The summed E-state index contributed by atoms with van der Waals surface area (Å²) in [5, 5.41) is 46.2. The molecule has 1 saturated heterocycles. The van der Waals surface area contributed by atoms with Crippen molar-refractivity contribution in [1.29, 1.82) is 0 Å². The number of nitrogen functional groups attached to an aromatic ring is 1. The Kier molecular flexibility index (Phi) is 9.78. The number of carboxylic acid groups (broad SMARTS) is 2. The second-order valence-corrected chi connectivity index (χ2v) is 12.7. The van der Waals surface area contributed by atoms with Crippen LogP contribution in [0.25, 0.3) is 0 Å². The standard InChI is InChI=1S/C27H30N6O11S2/c1-27(2,25(41)42)44-31-17(14-10-46-26(28)29-14)20(36)30-18-21(37)33-19(23(38)39)12(9-45-22(18)33)8-32(3)7-11-5-15(34)16(35)6-13(11)24(40)43-4/h5-6,10,18,22,34-35H,7-9H2,1-4H3,(H2,28,29)(H,30,36)(H,38,39)(H,41,42)/b31-17-/t18?,22-/m0/s1. The minimum Gasteiger partial charge on any atom is -0.504 e. The summed E-state index contributed by atoms with van der Waals surface area (Å²) < 4.78 is 4.75. The largest absolute Gasteiger partial charge is 0.504 e. The van der Waals surface area contributed by atoms with E-state index in [1.165, 1.54) is 37.1 Å². The average molecular weight is 679 g/mol. The zero-order valence-electron chi connectivity index (χ0n) is 24.8. The summed E-state index contributed by atoms with van der Waals surface area (Å²) in [5.74, 6) is -5.90. The van der Waals surface area contributed by atoms with Crippen LogP contribution in [0.4, 0.5) is 5.13 Å². The minimum atomic E-state index is -1.80. The first-order valence-corrected chi connectivity index (χ1v) is 15.2. The van der Waals surface area contributed by atoms with E-state index < -0.39 is 63.9 Å². The highest BCUT2D eigenvalue weighted by Gasteiger charge is 2.54. The van der Waals surface area contributed by atoms with Crippen LogP contribution in [0.2, 0.25) is 0 Å². The number of ether oxygens (including phenoxy) is 1. The van der Waals surface area contributed by atoms with Gasteiger partial charge in [0.15, 0.2) is 22.3 Å². The summed E-state index contributed by atoms with van der Waals surface area (Å²) in [4.78, 5) is 74.4. The molecule has 0 aliphatic carbocycles. The number of amides is 2. The number of β-lactam (4-membered cyclic amide) rings is 1. The summed E-state index contributed by atoms with van der Waals surface area (Å²) >= 11 is 2.20. The lowest BCUT2D eigenvalue weighted by Gasteiger charge is -2.49. The zero-order chi connectivity index (χ0) is 34.1.